The number of hydrogen-bond donors (Lipinski definition) is 1. The molecule has 2 nitrogen and oxygen atoms in total. The number of ether oxygens (including phenoxy) is 1. The van der Waals surface area contributed by atoms with E-state index >= 15 is 0 Å². The van der Waals surface area contributed by atoms with Gasteiger partial charge in [-0.25, -0.2) is 0 Å². The van der Waals surface area contributed by atoms with Crippen molar-refractivity contribution in [1.29, 1.82) is 0 Å². The van der Waals surface area contributed by atoms with Crippen LogP contribution >= 0.6 is 0 Å². The fraction of sp³-hybridized carbons (Fsp3) is 0.667. The number of rotatable bonds is 10. The van der Waals surface area contributed by atoms with Crippen molar-refractivity contribution in [2.24, 2.45) is 0 Å². The van der Waals surface area contributed by atoms with Crippen LogP contribution in [0.5, 0.6) is 5.75 Å². The molecule has 0 amide bonds. The zero-order valence-electron chi connectivity index (χ0n) is 13.3. The van der Waals surface area contributed by atoms with Crippen LogP contribution in [0.1, 0.15) is 77.4 Å². The molecule has 0 radical (unpaired) electrons. The maximum absolute atomic E-state index is 10.3. The molecule has 0 saturated heterocycles. The Morgan fingerprint density at radius 1 is 1.00 bits per heavy atom. The first kappa shape index (κ1) is 17.0. The molecule has 0 aliphatic rings. The van der Waals surface area contributed by atoms with E-state index in [0.717, 1.165) is 24.2 Å². The van der Waals surface area contributed by atoms with Gasteiger partial charge >= 0.3 is 0 Å². The maximum atomic E-state index is 10.3. The Balaban J connectivity index is 2.40. The van der Waals surface area contributed by atoms with Crippen LogP contribution in [-0.4, -0.2) is 11.2 Å². The lowest BCUT2D eigenvalue weighted by Crippen LogP contribution is -2.09. The van der Waals surface area contributed by atoms with E-state index in [2.05, 4.69) is 6.92 Å². The molecule has 1 aromatic rings. The van der Waals surface area contributed by atoms with Crippen molar-refractivity contribution >= 4 is 0 Å². The summed E-state index contributed by atoms with van der Waals surface area (Å²) in [5, 5.41) is 10.3. The third kappa shape index (κ3) is 6.42. The Morgan fingerprint density at radius 3 is 2.35 bits per heavy atom. The molecule has 0 aliphatic carbocycles. The average molecular weight is 278 g/mol. The highest BCUT2D eigenvalue weighted by Gasteiger charge is 2.13. The minimum absolute atomic E-state index is 0.136. The highest BCUT2D eigenvalue weighted by Crippen LogP contribution is 2.29. The maximum Gasteiger partial charge on any atom is 0.125 e. The lowest BCUT2D eigenvalue weighted by atomic mass is 10.0. The molecule has 0 saturated carbocycles. The van der Waals surface area contributed by atoms with E-state index in [4.69, 9.17) is 4.74 Å². The first-order valence-electron chi connectivity index (χ1n) is 8.08. The third-order valence-electron chi connectivity index (χ3n) is 3.47. The minimum Gasteiger partial charge on any atom is -0.491 e. The monoisotopic (exact) mass is 278 g/mol. The van der Waals surface area contributed by atoms with Crippen molar-refractivity contribution in [2.45, 2.75) is 77.9 Å². The van der Waals surface area contributed by atoms with Gasteiger partial charge < -0.3 is 9.84 Å². The van der Waals surface area contributed by atoms with Crippen LogP contribution in [-0.2, 0) is 0 Å². The molecule has 20 heavy (non-hydrogen) atoms. The highest BCUT2D eigenvalue weighted by atomic mass is 16.5. The van der Waals surface area contributed by atoms with Crippen molar-refractivity contribution in [1.82, 2.24) is 0 Å². The average Bonchev–Trinajstić information content (AvgIpc) is 2.42. The molecule has 1 N–H and O–H groups in total. The summed E-state index contributed by atoms with van der Waals surface area (Å²) in [6.07, 6.45) is 8.06. The van der Waals surface area contributed by atoms with Crippen LogP contribution in [0.25, 0.3) is 0 Å². The molecule has 1 aromatic carbocycles. The van der Waals surface area contributed by atoms with E-state index in [1.54, 1.807) is 0 Å². The summed E-state index contributed by atoms with van der Waals surface area (Å²) < 4.78 is 5.77. The predicted octanol–water partition coefficient (Wildman–Crippen LogP) is 5.26. The quantitative estimate of drug-likeness (QED) is 0.592. The Hall–Kier alpha value is -1.02. The van der Waals surface area contributed by atoms with Gasteiger partial charge in [0.15, 0.2) is 0 Å². The molecule has 0 aromatic heterocycles. The van der Waals surface area contributed by atoms with Crippen molar-refractivity contribution in [3.05, 3.63) is 29.8 Å². The fourth-order valence-corrected chi connectivity index (χ4v) is 2.39. The van der Waals surface area contributed by atoms with E-state index in [9.17, 15) is 5.11 Å². The molecular formula is C18H30O2. The Bertz CT molecular complexity index is 360. The van der Waals surface area contributed by atoms with Crippen molar-refractivity contribution in [3.63, 3.8) is 0 Å². The first-order valence-corrected chi connectivity index (χ1v) is 8.08. The van der Waals surface area contributed by atoms with Gasteiger partial charge in [0, 0.05) is 5.56 Å². The van der Waals surface area contributed by atoms with Crippen LogP contribution in [0.4, 0.5) is 0 Å². The Labute approximate surface area is 124 Å². The summed E-state index contributed by atoms with van der Waals surface area (Å²) in [7, 11) is 0. The van der Waals surface area contributed by atoms with E-state index in [1.807, 2.05) is 38.1 Å². The van der Waals surface area contributed by atoms with Crippen LogP contribution in [0.15, 0.2) is 24.3 Å². The van der Waals surface area contributed by atoms with Crippen LogP contribution in [0, 0.1) is 0 Å². The largest absolute Gasteiger partial charge is 0.491 e. The summed E-state index contributed by atoms with van der Waals surface area (Å²) in [6, 6.07) is 7.84. The molecule has 1 atom stereocenters. The second-order valence-corrected chi connectivity index (χ2v) is 5.78. The lowest BCUT2D eigenvalue weighted by molar-refractivity contribution is 0.153. The second-order valence-electron chi connectivity index (χ2n) is 5.78. The van der Waals surface area contributed by atoms with Gasteiger partial charge in [-0.05, 0) is 26.3 Å². The van der Waals surface area contributed by atoms with Gasteiger partial charge in [0.1, 0.15) is 5.75 Å². The van der Waals surface area contributed by atoms with E-state index in [1.165, 1.54) is 32.1 Å². The number of unbranched alkanes of at least 4 members (excludes halogenated alkanes) is 5. The number of hydrogen-bond acceptors (Lipinski definition) is 2. The third-order valence-corrected chi connectivity index (χ3v) is 3.47. The number of benzene rings is 1. The summed E-state index contributed by atoms with van der Waals surface area (Å²) >= 11 is 0. The van der Waals surface area contributed by atoms with E-state index in [0.29, 0.717) is 0 Å². The zero-order chi connectivity index (χ0) is 14.8. The Kier molecular flexibility index (Phi) is 8.36. The summed E-state index contributed by atoms with van der Waals surface area (Å²) in [4.78, 5) is 0. The van der Waals surface area contributed by atoms with Crippen LogP contribution in [0.2, 0.25) is 0 Å². The molecule has 114 valence electrons. The standard InChI is InChI=1S/C18H30O2/c1-4-5-6-7-8-9-13-17(19)16-12-10-11-14-18(16)20-15(2)3/h10-12,14-15,17,19H,4-9,13H2,1-3H3. The molecule has 0 heterocycles. The van der Waals surface area contributed by atoms with Crippen molar-refractivity contribution in [2.75, 3.05) is 0 Å². The highest BCUT2D eigenvalue weighted by molar-refractivity contribution is 5.35. The van der Waals surface area contributed by atoms with E-state index < -0.39 is 6.10 Å². The van der Waals surface area contributed by atoms with Gasteiger partial charge in [-0.2, -0.15) is 0 Å². The number of aliphatic hydroxyl groups is 1. The van der Waals surface area contributed by atoms with Crippen molar-refractivity contribution in [3.8, 4) is 5.75 Å². The smallest absolute Gasteiger partial charge is 0.125 e. The van der Waals surface area contributed by atoms with Gasteiger partial charge in [-0.3, -0.25) is 0 Å². The van der Waals surface area contributed by atoms with Crippen LogP contribution < -0.4 is 4.74 Å². The van der Waals surface area contributed by atoms with Gasteiger partial charge in [-0.1, -0.05) is 63.6 Å². The first-order chi connectivity index (χ1) is 9.65. The van der Waals surface area contributed by atoms with Gasteiger partial charge in [0.25, 0.3) is 0 Å². The SMILES string of the molecule is CCCCCCCCC(O)c1ccccc1OC(C)C. The minimum atomic E-state index is -0.406. The van der Waals surface area contributed by atoms with E-state index in [-0.39, 0.29) is 6.10 Å². The number of para-hydroxylation sites is 1. The van der Waals surface area contributed by atoms with Gasteiger partial charge in [-0.15, -0.1) is 0 Å². The van der Waals surface area contributed by atoms with Crippen LogP contribution in [0.3, 0.4) is 0 Å². The zero-order valence-corrected chi connectivity index (χ0v) is 13.3. The lowest BCUT2D eigenvalue weighted by Gasteiger charge is -2.18. The normalized spacial score (nSPS) is 12.7. The summed E-state index contributed by atoms with van der Waals surface area (Å²) in [5.74, 6) is 0.820. The van der Waals surface area contributed by atoms with Gasteiger partial charge in [0.05, 0.1) is 12.2 Å². The molecular weight excluding hydrogens is 248 g/mol. The molecule has 1 rings (SSSR count). The molecule has 0 aliphatic heterocycles. The fourth-order valence-electron chi connectivity index (χ4n) is 2.39. The molecule has 0 fully saturated rings. The summed E-state index contributed by atoms with van der Waals surface area (Å²) in [5.41, 5.74) is 0.926. The number of aliphatic hydroxyl groups excluding tert-OH is 1. The topological polar surface area (TPSA) is 29.5 Å². The molecule has 2 heteroatoms. The van der Waals surface area contributed by atoms with Gasteiger partial charge in [0.2, 0.25) is 0 Å². The molecule has 1 unspecified atom stereocenters. The predicted molar refractivity (Wildman–Crippen MR) is 85.2 cm³/mol. The molecule has 0 spiro atoms. The van der Waals surface area contributed by atoms with Crippen molar-refractivity contribution < 1.29 is 9.84 Å². The molecule has 0 bridgehead atoms. The second kappa shape index (κ2) is 9.82. The summed E-state index contributed by atoms with van der Waals surface area (Å²) in [6.45, 7) is 6.25. The Morgan fingerprint density at radius 2 is 1.65 bits per heavy atom.